The van der Waals surface area contributed by atoms with Crippen molar-refractivity contribution in [2.45, 2.75) is 48.8 Å². The average molecular weight is 502 g/mol. The molecule has 37 heavy (non-hydrogen) atoms. The minimum Gasteiger partial charge on any atom is -0.279 e. The lowest BCUT2D eigenvalue weighted by molar-refractivity contribution is 0.0919. The molecule has 2 unspecified atom stereocenters. The quantitative estimate of drug-likeness (QED) is 0.233. The molecule has 6 rings (SSSR count). The molecular weight excluding hydrogens is 474 g/mol. The maximum atomic E-state index is 14.0. The Labute approximate surface area is 221 Å². The van der Waals surface area contributed by atoms with E-state index in [9.17, 15) is 10.1 Å². The van der Waals surface area contributed by atoms with Crippen molar-refractivity contribution in [3.05, 3.63) is 107 Å². The molecule has 1 aliphatic rings. The van der Waals surface area contributed by atoms with E-state index in [2.05, 4.69) is 42.5 Å². The van der Waals surface area contributed by atoms with E-state index < -0.39 is 0 Å². The van der Waals surface area contributed by atoms with Gasteiger partial charge in [-0.3, -0.25) is 9.36 Å². The van der Waals surface area contributed by atoms with Gasteiger partial charge in [-0.05, 0) is 60.9 Å². The Morgan fingerprint density at radius 1 is 1.03 bits per heavy atom. The molecule has 2 atom stereocenters. The van der Waals surface area contributed by atoms with Gasteiger partial charge in [-0.2, -0.15) is 5.26 Å². The summed E-state index contributed by atoms with van der Waals surface area (Å²) in [7, 11) is 0. The van der Waals surface area contributed by atoms with Crippen LogP contribution in [0.2, 0.25) is 0 Å². The van der Waals surface area contributed by atoms with Gasteiger partial charge in [0.2, 0.25) is 5.91 Å². The van der Waals surface area contributed by atoms with Crippen LogP contribution in [0.15, 0.2) is 90.0 Å². The van der Waals surface area contributed by atoms with Crippen LogP contribution >= 0.6 is 11.8 Å². The van der Waals surface area contributed by atoms with Crippen LogP contribution in [0.5, 0.6) is 0 Å². The molecule has 0 radical (unpaired) electrons. The van der Waals surface area contributed by atoms with Crippen molar-refractivity contribution in [1.29, 1.82) is 5.26 Å². The van der Waals surface area contributed by atoms with Gasteiger partial charge in [0, 0.05) is 16.5 Å². The first-order valence-corrected chi connectivity index (χ1v) is 13.7. The van der Waals surface area contributed by atoms with Gasteiger partial charge in [0.25, 0.3) is 0 Å². The number of carbonyl (C=O) groups excluding carboxylic acids is 1. The number of nitrogens with zero attached hydrogens (tertiary/aromatic N) is 3. The van der Waals surface area contributed by atoms with Gasteiger partial charge in [0.15, 0.2) is 0 Å². The molecule has 0 aliphatic heterocycles. The predicted molar refractivity (Wildman–Crippen MR) is 150 cm³/mol. The molecule has 1 aliphatic carbocycles. The highest BCUT2D eigenvalue weighted by Gasteiger charge is 2.28. The number of aromatic nitrogens is 2. The Hall–Kier alpha value is -3.88. The lowest BCUT2D eigenvalue weighted by Crippen LogP contribution is -2.24. The summed E-state index contributed by atoms with van der Waals surface area (Å²) in [5, 5.41) is 12.5. The van der Waals surface area contributed by atoms with E-state index in [-0.39, 0.29) is 11.2 Å². The molecule has 0 amide bonds. The highest BCUT2D eigenvalue weighted by Crippen LogP contribution is 2.37. The van der Waals surface area contributed by atoms with Gasteiger partial charge in [-0.1, -0.05) is 85.4 Å². The number of hydrogen-bond donors (Lipinski definition) is 0. The van der Waals surface area contributed by atoms with Crippen molar-refractivity contribution in [2.75, 3.05) is 0 Å². The lowest BCUT2D eigenvalue weighted by atomic mass is 9.82. The Kier molecular flexibility index (Phi) is 6.28. The van der Waals surface area contributed by atoms with Crippen molar-refractivity contribution >= 4 is 39.5 Å². The molecule has 182 valence electrons. The minimum absolute atomic E-state index is 0.0254. The second-order valence-electron chi connectivity index (χ2n) is 9.63. The van der Waals surface area contributed by atoms with E-state index in [1.54, 1.807) is 0 Å². The molecule has 0 saturated heterocycles. The Morgan fingerprint density at radius 3 is 2.32 bits per heavy atom. The standard InChI is InChI=1S/C32H27N3OS/c1-2-30(32(36)35-28-14-8-6-12-25(28)26-13-7-9-15-29(26)35)37-31-24(20-33)19-23-18-22(16-17-27(23)34-31)21-10-4-3-5-11-21/h3-15,19,22,30H,2,16-18H2,1H3. The maximum absolute atomic E-state index is 14.0. The van der Waals surface area contributed by atoms with Crippen LogP contribution in [-0.4, -0.2) is 20.7 Å². The molecule has 2 heterocycles. The molecular formula is C32H27N3OS. The summed E-state index contributed by atoms with van der Waals surface area (Å²) in [4.78, 5) is 19.0. The zero-order valence-corrected chi connectivity index (χ0v) is 21.5. The number of pyridine rings is 1. The zero-order valence-electron chi connectivity index (χ0n) is 20.7. The van der Waals surface area contributed by atoms with E-state index >= 15 is 0 Å². The van der Waals surface area contributed by atoms with Crippen molar-refractivity contribution in [2.24, 2.45) is 0 Å². The first-order valence-electron chi connectivity index (χ1n) is 12.8. The Bertz CT molecular complexity index is 1610. The number of thioether (sulfide) groups is 1. The fourth-order valence-electron chi connectivity index (χ4n) is 5.57. The topological polar surface area (TPSA) is 58.7 Å². The third kappa shape index (κ3) is 4.22. The van der Waals surface area contributed by atoms with E-state index in [4.69, 9.17) is 4.98 Å². The number of aryl methyl sites for hydroxylation is 1. The zero-order chi connectivity index (χ0) is 25.4. The van der Waals surface area contributed by atoms with E-state index in [1.807, 2.05) is 60.0 Å². The first kappa shape index (κ1) is 23.5. The van der Waals surface area contributed by atoms with Crippen molar-refractivity contribution in [1.82, 2.24) is 9.55 Å². The van der Waals surface area contributed by atoms with Crippen LogP contribution in [0.25, 0.3) is 21.8 Å². The number of para-hydroxylation sites is 2. The summed E-state index contributed by atoms with van der Waals surface area (Å²) in [5.74, 6) is 0.471. The fourth-order valence-corrected chi connectivity index (χ4v) is 6.61. The summed E-state index contributed by atoms with van der Waals surface area (Å²) in [6, 6.07) is 31.1. The minimum atomic E-state index is -0.350. The molecule has 0 saturated carbocycles. The Morgan fingerprint density at radius 2 is 1.68 bits per heavy atom. The summed E-state index contributed by atoms with van der Waals surface area (Å²) in [5.41, 5.74) is 5.95. The maximum Gasteiger partial charge on any atom is 0.245 e. The Balaban J connectivity index is 1.33. The summed E-state index contributed by atoms with van der Waals surface area (Å²) < 4.78 is 1.85. The SMILES string of the molecule is CCC(Sc1nc2c(cc1C#N)CC(c1ccccc1)CC2)C(=O)n1c2ccccc2c2ccccc21. The van der Waals surface area contributed by atoms with Gasteiger partial charge in [0.05, 0.1) is 21.8 Å². The van der Waals surface area contributed by atoms with E-state index in [0.717, 1.165) is 52.3 Å². The van der Waals surface area contributed by atoms with Gasteiger partial charge in [0.1, 0.15) is 11.1 Å². The number of nitriles is 1. The molecule has 0 spiro atoms. The van der Waals surface area contributed by atoms with Crippen LogP contribution in [0.3, 0.4) is 0 Å². The van der Waals surface area contributed by atoms with Gasteiger partial charge >= 0.3 is 0 Å². The summed E-state index contributed by atoms with van der Waals surface area (Å²) in [6.07, 6.45) is 3.46. The highest BCUT2D eigenvalue weighted by molar-refractivity contribution is 8.00. The van der Waals surface area contributed by atoms with Crippen LogP contribution < -0.4 is 0 Å². The normalized spacial score (nSPS) is 15.8. The monoisotopic (exact) mass is 501 g/mol. The highest BCUT2D eigenvalue weighted by atomic mass is 32.2. The average Bonchev–Trinajstić information content (AvgIpc) is 3.29. The predicted octanol–water partition coefficient (Wildman–Crippen LogP) is 7.54. The lowest BCUT2D eigenvalue weighted by Gasteiger charge is -2.25. The van der Waals surface area contributed by atoms with Crippen molar-refractivity contribution in [3.8, 4) is 6.07 Å². The fraction of sp³-hybridized carbons (Fsp3) is 0.219. The molecule has 0 N–H and O–H groups in total. The molecule has 3 aromatic carbocycles. The molecule has 0 bridgehead atoms. The number of hydrogen-bond acceptors (Lipinski definition) is 4. The third-order valence-corrected chi connectivity index (χ3v) is 8.80. The van der Waals surface area contributed by atoms with E-state index in [0.29, 0.717) is 22.9 Å². The first-order chi connectivity index (χ1) is 18.2. The smallest absolute Gasteiger partial charge is 0.245 e. The molecule has 0 fully saturated rings. The number of carbonyl (C=O) groups is 1. The van der Waals surface area contributed by atoms with Crippen LogP contribution in [0.4, 0.5) is 0 Å². The van der Waals surface area contributed by atoms with Crippen LogP contribution in [0, 0.1) is 11.3 Å². The van der Waals surface area contributed by atoms with Gasteiger partial charge in [-0.25, -0.2) is 4.98 Å². The number of fused-ring (bicyclic) bond motifs is 4. The van der Waals surface area contributed by atoms with Crippen molar-refractivity contribution in [3.63, 3.8) is 0 Å². The van der Waals surface area contributed by atoms with Crippen LogP contribution in [-0.2, 0) is 12.8 Å². The summed E-state index contributed by atoms with van der Waals surface area (Å²) in [6.45, 7) is 2.03. The molecule has 5 aromatic rings. The molecule has 4 nitrogen and oxygen atoms in total. The van der Waals surface area contributed by atoms with Crippen LogP contribution in [0.1, 0.15) is 52.9 Å². The molecule has 5 heteroatoms. The number of rotatable bonds is 5. The second kappa shape index (κ2) is 9.88. The summed E-state index contributed by atoms with van der Waals surface area (Å²) >= 11 is 1.43. The molecule has 2 aromatic heterocycles. The van der Waals surface area contributed by atoms with Gasteiger partial charge in [-0.15, -0.1) is 0 Å². The largest absolute Gasteiger partial charge is 0.279 e. The van der Waals surface area contributed by atoms with Gasteiger partial charge < -0.3 is 0 Å². The van der Waals surface area contributed by atoms with E-state index in [1.165, 1.54) is 17.3 Å². The number of benzene rings is 3. The third-order valence-electron chi connectivity index (χ3n) is 7.44. The van der Waals surface area contributed by atoms with Crippen molar-refractivity contribution < 1.29 is 4.79 Å². The second-order valence-corrected chi connectivity index (χ2v) is 10.8.